The smallest absolute Gasteiger partial charge is 1.00 e. The zero-order valence-electron chi connectivity index (χ0n) is 22.2. The maximum atomic E-state index is 2.51. The summed E-state index contributed by atoms with van der Waals surface area (Å²) in [7, 11) is -0.972. The summed E-state index contributed by atoms with van der Waals surface area (Å²) < 4.78 is 0.652. The van der Waals surface area contributed by atoms with E-state index in [0.29, 0.717) is 3.63 Å². The van der Waals surface area contributed by atoms with Crippen molar-refractivity contribution in [3.8, 4) is 11.1 Å². The molecule has 0 saturated heterocycles. The molecule has 0 spiro atoms. The van der Waals surface area contributed by atoms with E-state index in [4.69, 9.17) is 0 Å². The van der Waals surface area contributed by atoms with Crippen LogP contribution in [0.25, 0.3) is 22.4 Å². The van der Waals surface area contributed by atoms with Gasteiger partial charge in [-0.15, -0.1) is 11.3 Å². The number of thiophene rings is 1. The van der Waals surface area contributed by atoms with Crippen molar-refractivity contribution in [2.24, 2.45) is 0 Å². The van der Waals surface area contributed by atoms with Gasteiger partial charge in [0.15, 0.2) is 0 Å². The Labute approximate surface area is 255 Å². The van der Waals surface area contributed by atoms with Crippen molar-refractivity contribution < 1.29 is 49.5 Å². The molecule has 1 saturated carbocycles. The molecule has 0 nitrogen and oxygen atoms in total. The average Bonchev–Trinajstić information content (AvgIpc) is 3.57. The van der Waals surface area contributed by atoms with Crippen molar-refractivity contribution in [1.29, 1.82) is 0 Å². The molecule has 3 aliphatic carbocycles. The van der Waals surface area contributed by atoms with Gasteiger partial charge in [0, 0.05) is 10.4 Å². The van der Waals surface area contributed by atoms with Gasteiger partial charge >= 0.3 is 155 Å². The maximum Gasteiger partial charge on any atom is -1.00 e. The summed E-state index contributed by atoms with van der Waals surface area (Å²) in [6.07, 6.45) is 9.40. The Morgan fingerprint density at radius 3 is 2.22 bits per heavy atom. The molecule has 5 heteroatoms. The largest absolute Gasteiger partial charge is 1.00 e. The van der Waals surface area contributed by atoms with E-state index < -0.39 is 8.07 Å². The number of hydrogen-bond acceptors (Lipinski definition) is 1. The van der Waals surface area contributed by atoms with Crippen LogP contribution in [0.2, 0.25) is 13.1 Å². The van der Waals surface area contributed by atoms with Crippen LogP contribution in [0.5, 0.6) is 0 Å². The molecule has 2 aromatic carbocycles. The first-order chi connectivity index (χ1) is 16.9. The van der Waals surface area contributed by atoms with Gasteiger partial charge in [-0.2, -0.15) is 0 Å². The standard InChI is InChI=1S/C22H23.C10H12SSi.2ClH.Zr/c1-16-14-20-8-5-9-21(22(20)15-16)19-12-10-18(11-13-19)17-6-3-2-4-7-17;1-6-9-7-4-5-11-8(7)10(6)12(9,2)3;;;/h5,8-15,17H,2-4,6-7H2,1H3;4-5,9H,1-3H3;2*1H;/q;;;;+2/p-2. The molecule has 0 radical (unpaired) electrons. The van der Waals surface area contributed by atoms with Crippen molar-refractivity contribution in [1.82, 2.24) is 0 Å². The third-order valence-electron chi connectivity index (χ3n) is 9.00. The Kier molecular flexibility index (Phi) is 9.04. The summed E-state index contributed by atoms with van der Waals surface area (Å²) >= 11 is 3.54. The summed E-state index contributed by atoms with van der Waals surface area (Å²) in [5, 5.41) is 4.02. The molecule has 3 heterocycles. The van der Waals surface area contributed by atoms with E-state index in [1.165, 1.54) is 59.9 Å². The molecule has 2 atom stereocenters. The molecule has 1 fully saturated rings. The fourth-order valence-electron chi connectivity index (χ4n) is 7.28. The molecule has 5 aliphatic rings. The summed E-state index contributed by atoms with van der Waals surface area (Å²) in [6.45, 7) is 9.61. The fourth-order valence-corrected chi connectivity index (χ4v) is 14.3. The second-order valence-corrected chi connectivity index (χ2v) is 18.4. The van der Waals surface area contributed by atoms with Crippen LogP contribution in [-0.4, -0.2) is 8.07 Å². The van der Waals surface area contributed by atoms with Crippen LogP contribution in [0.15, 0.2) is 65.1 Å². The van der Waals surface area contributed by atoms with Crippen LogP contribution in [0, 0.1) is 0 Å². The average molecular weight is 642 g/mol. The van der Waals surface area contributed by atoms with Crippen LogP contribution in [-0.2, 0) is 24.7 Å². The Morgan fingerprint density at radius 2 is 1.57 bits per heavy atom. The number of rotatable bonds is 2. The minimum Gasteiger partial charge on any atom is -1.00 e. The van der Waals surface area contributed by atoms with Gasteiger partial charge in [0.25, 0.3) is 0 Å². The van der Waals surface area contributed by atoms with E-state index in [0.717, 1.165) is 11.5 Å². The SMILES string of the molecule is CC1=C2c3sccc3C1[Si]2(C)C.CC1=Cc2c(-c3ccc(C4CCCCC4)cc3)cccc2[CH]1[Zr+2].[Cl-].[Cl-]. The number of halogens is 2. The monoisotopic (exact) mass is 639 g/mol. The van der Waals surface area contributed by atoms with Crippen molar-refractivity contribution in [2.75, 3.05) is 0 Å². The molecule has 2 bridgehead atoms. The summed E-state index contributed by atoms with van der Waals surface area (Å²) in [5.41, 5.74) is 13.0. The van der Waals surface area contributed by atoms with Gasteiger partial charge < -0.3 is 24.8 Å². The van der Waals surface area contributed by atoms with Gasteiger partial charge in [-0.05, 0) is 29.1 Å². The molecule has 0 amide bonds. The molecule has 8 rings (SSSR count). The first-order valence-corrected chi connectivity index (χ1v) is 18.7. The van der Waals surface area contributed by atoms with E-state index in [1.807, 2.05) is 11.3 Å². The molecule has 3 aromatic rings. The third kappa shape index (κ3) is 4.91. The predicted molar refractivity (Wildman–Crippen MR) is 151 cm³/mol. The number of benzene rings is 2. The summed E-state index contributed by atoms with van der Waals surface area (Å²) in [5.74, 6) is 0.797. The first kappa shape index (κ1) is 29.3. The summed E-state index contributed by atoms with van der Waals surface area (Å²) in [6, 6.07) is 18.6. The van der Waals surface area contributed by atoms with Crippen molar-refractivity contribution in [2.45, 2.75) is 74.1 Å². The maximum absolute atomic E-state index is 2.51. The van der Waals surface area contributed by atoms with E-state index in [-0.39, 0.29) is 24.8 Å². The van der Waals surface area contributed by atoms with E-state index in [1.54, 1.807) is 51.5 Å². The molecule has 0 N–H and O–H groups in total. The molecule has 2 unspecified atom stereocenters. The van der Waals surface area contributed by atoms with Crippen LogP contribution >= 0.6 is 11.3 Å². The van der Waals surface area contributed by atoms with Crippen LogP contribution in [0.3, 0.4) is 0 Å². The van der Waals surface area contributed by atoms with Gasteiger partial charge in [0.1, 0.15) is 0 Å². The number of hydrogen-bond donors (Lipinski definition) is 0. The molecule has 1 aromatic heterocycles. The van der Waals surface area contributed by atoms with E-state index in [2.05, 4.69) is 86.9 Å². The van der Waals surface area contributed by atoms with Gasteiger partial charge in [-0.25, -0.2) is 0 Å². The molecular formula is C32H35Cl2SSiZr. The fraction of sp³-hybridized carbons (Fsp3) is 0.375. The Balaban J connectivity index is 0.000000193. The minimum absolute atomic E-state index is 0. The van der Waals surface area contributed by atoms with E-state index in [9.17, 15) is 0 Å². The van der Waals surface area contributed by atoms with Crippen molar-refractivity contribution in [3.05, 3.63) is 92.2 Å². The van der Waals surface area contributed by atoms with Gasteiger partial charge in [0.05, 0.1) is 8.07 Å². The Bertz CT molecular complexity index is 1350. The second kappa shape index (κ2) is 11.4. The molecule has 37 heavy (non-hydrogen) atoms. The zero-order chi connectivity index (χ0) is 24.3. The normalized spacial score (nSPS) is 22.5. The zero-order valence-corrected chi connectivity index (χ0v) is 28.0. The Hall–Kier alpha value is -0.700. The first-order valence-electron chi connectivity index (χ1n) is 13.3. The Morgan fingerprint density at radius 1 is 0.865 bits per heavy atom. The number of fused-ring (bicyclic) bond motifs is 1. The van der Waals surface area contributed by atoms with Gasteiger partial charge in [-0.3, -0.25) is 0 Å². The topological polar surface area (TPSA) is 0 Å². The summed E-state index contributed by atoms with van der Waals surface area (Å²) in [4.78, 5) is 1.63. The second-order valence-electron chi connectivity index (χ2n) is 11.5. The van der Waals surface area contributed by atoms with Crippen LogP contribution in [0.4, 0.5) is 0 Å². The van der Waals surface area contributed by atoms with Crippen LogP contribution < -0.4 is 24.8 Å². The van der Waals surface area contributed by atoms with Crippen LogP contribution in [0.1, 0.15) is 88.2 Å². The van der Waals surface area contributed by atoms with Crippen molar-refractivity contribution in [3.63, 3.8) is 0 Å². The van der Waals surface area contributed by atoms with Gasteiger partial charge in [0.2, 0.25) is 0 Å². The number of allylic oxidation sites excluding steroid dienone is 2. The third-order valence-corrected chi connectivity index (χ3v) is 16.1. The molecule has 2 aliphatic heterocycles. The minimum atomic E-state index is -0.972. The quantitative estimate of drug-likeness (QED) is 0.374. The predicted octanol–water partition coefficient (Wildman–Crippen LogP) is 3.83. The molecule has 191 valence electrons. The van der Waals surface area contributed by atoms with Gasteiger partial charge in [-0.1, -0.05) is 18.7 Å². The van der Waals surface area contributed by atoms with E-state index >= 15 is 0 Å². The molecular weight excluding hydrogens is 607 g/mol. The van der Waals surface area contributed by atoms with Crippen molar-refractivity contribution >= 4 is 30.7 Å².